The lowest BCUT2D eigenvalue weighted by atomic mass is 9.95. The third kappa shape index (κ3) is 3.73. The normalized spacial score (nSPS) is 15.7. The molecule has 1 aliphatic heterocycles. The zero-order chi connectivity index (χ0) is 20.5. The summed E-state index contributed by atoms with van der Waals surface area (Å²) in [6.07, 6.45) is 2.11. The molecule has 0 bridgehead atoms. The molecule has 3 N–H and O–H groups in total. The van der Waals surface area contributed by atoms with Crippen molar-refractivity contribution in [2.45, 2.75) is 12.5 Å². The van der Waals surface area contributed by atoms with Gasteiger partial charge in [0, 0.05) is 34.4 Å². The number of nitrogens with one attached hydrogen (secondary N) is 2. The van der Waals surface area contributed by atoms with E-state index in [9.17, 15) is 14.0 Å². The molecule has 0 spiro atoms. The molecular weight excluding hydrogens is 443 g/mol. The van der Waals surface area contributed by atoms with Crippen molar-refractivity contribution in [2.24, 2.45) is 0 Å². The van der Waals surface area contributed by atoms with Crippen LogP contribution in [0.1, 0.15) is 33.4 Å². The SMILES string of the molecule is O=C(O)c1ccc(NC(=O)N2CCc3[nH]cnc3C2c2ccc(Br)cc2F)cc1. The number of carbonyl (C=O) groups is 2. The van der Waals surface area contributed by atoms with E-state index >= 15 is 0 Å². The van der Waals surface area contributed by atoms with Gasteiger partial charge in [0.1, 0.15) is 11.9 Å². The molecule has 2 heterocycles. The number of carboxylic acids is 1. The fourth-order valence-electron chi connectivity index (χ4n) is 3.43. The number of amides is 2. The molecule has 3 aromatic rings. The van der Waals surface area contributed by atoms with Gasteiger partial charge in [0.2, 0.25) is 0 Å². The van der Waals surface area contributed by atoms with Crippen molar-refractivity contribution < 1.29 is 19.1 Å². The van der Waals surface area contributed by atoms with Crippen LogP contribution in [-0.2, 0) is 6.42 Å². The molecule has 148 valence electrons. The second kappa shape index (κ2) is 7.67. The summed E-state index contributed by atoms with van der Waals surface area (Å²) in [6, 6.07) is 9.45. The molecule has 1 aromatic heterocycles. The van der Waals surface area contributed by atoms with Gasteiger partial charge in [0.05, 0.1) is 17.6 Å². The maximum absolute atomic E-state index is 14.7. The molecule has 0 fully saturated rings. The number of H-pyrrole nitrogens is 1. The van der Waals surface area contributed by atoms with Gasteiger partial charge in [-0.05, 0) is 36.4 Å². The molecule has 29 heavy (non-hydrogen) atoms. The molecule has 7 nitrogen and oxygen atoms in total. The lowest BCUT2D eigenvalue weighted by molar-refractivity contribution is 0.0697. The molecule has 9 heteroatoms. The van der Waals surface area contributed by atoms with Gasteiger partial charge in [-0.25, -0.2) is 19.0 Å². The number of benzene rings is 2. The maximum atomic E-state index is 14.7. The average molecular weight is 459 g/mol. The Hall–Kier alpha value is -3.20. The van der Waals surface area contributed by atoms with Crippen LogP contribution in [0.3, 0.4) is 0 Å². The number of carbonyl (C=O) groups excluding carboxylic acids is 1. The molecule has 1 atom stereocenters. The summed E-state index contributed by atoms with van der Waals surface area (Å²) in [4.78, 5) is 32.9. The largest absolute Gasteiger partial charge is 0.478 e. The maximum Gasteiger partial charge on any atom is 0.335 e. The minimum atomic E-state index is -1.05. The van der Waals surface area contributed by atoms with Crippen LogP contribution in [0.25, 0.3) is 0 Å². The van der Waals surface area contributed by atoms with E-state index in [2.05, 4.69) is 31.2 Å². The highest BCUT2D eigenvalue weighted by Gasteiger charge is 2.35. The number of carboxylic acid groups (broad SMARTS) is 1. The summed E-state index contributed by atoms with van der Waals surface area (Å²) in [5.41, 5.74) is 2.39. The first-order valence-electron chi connectivity index (χ1n) is 8.82. The number of hydrogen-bond acceptors (Lipinski definition) is 3. The number of imidazole rings is 1. The zero-order valence-electron chi connectivity index (χ0n) is 15.0. The van der Waals surface area contributed by atoms with Crippen molar-refractivity contribution in [3.05, 3.63) is 81.6 Å². The molecule has 0 radical (unpaired) electrons. The standard InChI is InChI=1S/C20H16BrFN4O3/c21-12-3-6-14(15(22)9-12)18-17-16(23-10-24-17)7-8-26(18)20(29)25-13-4-1-11(2-5-13)19(27)28/h1-6,9-10,18H,7-8H2,(H,23,24)(H,25,29)(H,27,28). The van der Waals surface area contributed by atoms with Crippen LogP contribution in [0.4, 0.5) is 14.9 Å². The summed E-state index contributed by atoms with van der Waals surface area (Å²) in [7, 11) is 0. The predicted octanol–water partition coefficient (Wildman–Crippen LogP) is 4.19. The van der Waals surface area contributed by atoms with Crippen LogP contribution in [0.5, 0.6) is 0 Å². The summed E-state index contributed by atoms with van der Waals surface area (Å²) < 4.78 is 15.3. The Bertz CT molecular complexity index is 1080. The lowest BCUT2D eigenvalue weighted by Crippen LogP contribution is -2.43. The minimum Gasteiger partial charge on any atom is -0.478 e. The van der Waals surface area contributed by atoms with E-state index in [1.807, 2.05) is 0 Å². The van der Waals surface area contributed by atoms with E-state index in [0.717, 1.165) is 5.69 Å². The van der Waals surface area contributed by atoms with Crippen LogP contribution in [0.15, 0.2) is 53.3 Å². The molecule has 0 saturated carbocycles. The number of aromatic nitrogens is 2. The Labute approximate surface area is 173 Å². The van der Waals surface area contributed by atoms with Gasteiger partial charge in [-0.15, -0.1) is 0 Å². The van der Waals surface area contributed by atoms with E-state index in [1.54, 1.807) is 18.5 Å². The molecule has 2 amide bonds. The summed E-state index contributed by atoms with van der Waals surface area (Å²) in [5, 5.41) is 11.8. The van der Waals surface area contributed by atoms with Crippen LogP contribution in [-0.4, -0.2) is 38.5 Å². The molecule has 2 aromatic carbocycles. The fourth-order valence-corrected chi connectivity index (χ4v) is 3.76. The molecule has 1 aliphatic rings. The summed E-state index contributed by atoms with van der Waals surface area (Å²) >= 11 is 3.25. The quantitative estimate of drug-likeness (QED) is 0.547. The zero-order valence-corrected chi connectivity index (χ0v) is 16.6. The summed E-state index contributed by atoms with van der Waals surface area (Å²) in [5.74, 6) is -1.49. The second-order valence-corrected chi connectivity index (χ2v) is 7.51. The van der Waals surface area contributed by atoms with E-state index < -0.39 is 23.9 Å². The smallest absolute Gasteiger partial charge is 0.335 e. The van der Waals surface area contributed by atoms with Gasteiger partial charge in [-0.1, -0.05) is 22.0 Å². The number of halogens is 2. The van der Waals surface area contributed by atoms with Crippen LogP contribution < -0.4 is 5.32 Å². The van der Waals surface area contributed by atoms with Crippen molar-refractivity contribution >= 4 is 33.6 Å². The lowest BCUT2D eigenvalue weighted by Gasteiger charge is -2.35. The number of urea groups is 1. The highest BCUT2D eigenvalue weighted by atomic mass is 79.9. The molecule has 1 unspecified atom stereocenters. The van der Waals surface area contributed by atoms with Crippen LogP contribution >= 0.6 is 15.9 Å². The van der Waals surface area contributed by atoms with Gasteiger partial charge >= 0.3 is 12.0 Å². The van der Waals surface area contributed by atoms with E-state index in [-0.39, 0.29) is 5.56 Å². The van der Waals surface area contributed by atoms with Crippen LogP contribution in [0, 0.1) is 5.82 Å². The summed E-state index contributed by atoms with van der Waals surface area (Å²) in [6.45, 7) is 0.369. The predicted molar refractivity (Wildman–Crippen MR) is 107 cm³/mol. The number of rotatable bonds is 3. The highest BCUT2D eigenvalue weighted by Crippen LogP contribution is 2.35. The van der Waals surface area contributed by atoms with Crippen molar-refractivity contribution in [2.75, 3.05) is 11.9 Å². The Balaban J connectivity index is 1.65. The minimum absolute atomic E-state index is 0.122. The van der Waals surface area contributed by atoms with Gasteiger partial charge in [0.25, 0.3) is 0 Å². The monoisotopic (exact) mass is 458 g/mol. The van der Waals surface area contributed by atoms with Crippen molar-refractivity contribution in [3.63, 3.8) is 0 Å². The Morgan fingerprint density at radius 2 is 2.00 bits per heavy atom. The number of fused-ring (bicyclic) bond motifs is 1. The van der Waals surface area contributed by atoms with Crippen LogP contribution in [0.2, 0.25) is 0 Å². The average Bonchev–Trinajstić information content (AvgIpc) is 3.17. The Morgan fingerprint density at radius 1 is 1.24 bits per heavy atom. The number of hydrogen-bond donors (Lipinski definition) is 3. The third-order valence-corrected chi connectivity index (χ3v) is 5.32. The van der Waals surface area contributed by atoms with Gasteiger partial charge < -0.3 is 20.3 Å². The first-order chi connectivity index (χ1) is 13.9. The second-order valence-electron chi connectivity index (χ2n) is 6.59. The number of anilines is 1. The van der Waals surface area contributed by atoms with E-state index in [1.165, 1.54) is 35.2 Å². The topological polar surface area (TPSA) is 98.3 Å². The first-order valence-corrected chi connectivity index (χ1v) is 9.61. The molecule has 0 aliphatic carbocycles. The van der Waals surface area contributed by atoms with E-state index in [4.69, 9.17) is 5.11 Å². The van der Waals surface area contributed by atoms with Gasteiger partial charge in [-0.2, -0.15) is 0 Å². The first kappa shape index (κ1) is 19.1. The third-order valence-electron chi connectivity index (χ3n) is 4.83. The van der Waals surface area contributed by atoms with Gasteiger partial charge in [-0.3, -0.25) is 0 Å². The number of aromatic amines is 1. The van der Waals surface area contributed by atoms with Gasteiger partial charge in [0.15, 0.2) is 0 Å². The number of aromatic carboxylic acids is 1. The van der Waals surface area contributed by atoms with E-state index in [0.29, 0.717) is 34.4 Å². The van der Waals surface area contributed by atoms with Crippen molar-refractivity contribution in [1.82, 2.24) is 14.9 Å². The number of nitrogens with zero attached hydrogens (tertiary/aromatic N) is 2. The molecule has 0 saturated heterocycles. The Kier molecular flexibility index (Phi) is 5.06. The Morgan fingerprint density at radius 3 is 2.69 bits per heavy atom. The molecular formula is C20H16BrFN4O3. The molecule has 4 rings (SSSR count). The van der Waals surface area contributed by atoms with Crippen molar-refractivity contribution in [3.8, 4) is 0 Å². The van der Waals surface area contributed by atoms with Crippen molar-refractivity contribution in [1.29, 1.82) is 0 Å². The fraction of sp³-hybridized carbons (Fsp3) is 0.150. The highest BCUT2D eigenvalue weighted by molar-refractivity contribution is 9.10.